The van der Waals surface area contributed by atoms with Crippen molar-refractivity contribution in [2.45, 2.75) is 66.5 Å². The number of para-hydroxylation sites is 1. The third-order valence-electron chi connectivity index (χ3n) is 13.1. The van der Waals surface area contributed by atoms with E-state index in [1.54, 1.807) is 0 Å². The smallest absolute Gasteiger partial charge is 0.417 e. The first-order valence-electron chi connectivity index (χ1n) is 19.3. The molecule has 264 valence electrons. The van der Waals surface area contributed by atoms with E-state index in [0.29, 0.717) is 0 Å². The van der Waals surface area contributed by atoms with Crippen molar-refractivity contribution in [1.82, 2.24) is 0 Å². The molecule has 1 unspecified atom stereocenters. The molecule has 0 saturated heterocycles. The SMILES string of the molecule is Cc1ccc2c(c1)C1(c3ccc4c(oc5c(-c6ccc(-c7ccccc7)cc6)cccc54)c3-c3cc(C(C)(C)C(C)(C)C)c(C)c[n+]31)[n+]1cc(C)ccc1-2. The van der Waals surface area contributed by atoms with Gasteiger partial charge in [-0.15, -0.1) is 9.13 Å². The largest absolute Gasteiger partial charge is 0.454 e. The van der Waals surface area contributed by atoms with E-state index in [4.69, 9.17) is 4.42 Å². The number of rotatable bonds is 3. The summed E-state index contributed by atoms with van der Waals surface area (Å²) in [5.41, 5.74) is 18.4. The highest BCUT2D eigenvalue weighted by molar-refractivity contribution is 6.13. The Morgan fingerprint density at radius 3 is 1.96 bits per heavy atom. The standard InChI is InChI=1S/C51H46N2O/c1-31-17-23-40-43(27-31)51(52-29-32(2)18-26-44(40)52)41-25-24-39-38-16-12-15-37(36-21-19-35(20-22-36)34-13-10-9-11-14-34)47(38)54-48(39)46(41)45-28-42(33(3)30-53(45)51)50(7,8)49(4,5)6/h9-30H,1-8H3/q+2. The maximum atomic E-state index is 7.28. The number of benzene rings is 5. The zero-order valence-corrected chi connectivity index (χ0v) is 32.5. The number of nitrogens with zero attached hydrogens (tertiary/aromatic N) is 2. The van der Waals surface area contributed by atoms with Crippen molar-refractivity contribution in [3.8, 4) is 44.8 Å². The monoisotopic (exact) mass is 702 g/mol. The lowest BCUT2D eigenvalue weighted by Crippen LogP contribution is -2.71. The number of pyridine rings is 2. The van der Waals surface area contributed by atoms with Crippen molar-refractivity contribution in [3.05, 3.63) is 167 Å². The van der Waals surface area contributed by atoms with Crippen LogP contribution in [0.5, 0.6) is 0 Å². The Hall–Kier alpha value is -5.80. The molecule has 0 amide bonds. The Morgan fingerprint density at radius 1 is 0.519 bits per heavy atom. The van der Waals surface area contributed by atoms with E-state index in [1.807, 2.05) is 0 Å². The lowest BCUT2D eigenvalue weighted by molar-refractivity contribution is -0.955. The molecule has 0 radical (unpaired) electrons. The van der Waals surface area contributed by atoms with E-state index in [2.05, 4.69) is 198 Å². The van der Waals surface area contributed by atoms with Crippen molar-refractivity contribution >= 4 is 21.9 Å². The maximum Gasteiger partial charge on any atom is 0.417 e. The fraction of sp³-hybridized carbons (Fsp3) is 0.216. The van der Waals surface area contributed by atoms with E-state index in [-0.39, 0.29) is 10.8 Å². The van der Waals surface area contributed by atoms with E-state index in [0.717, 1.165) is 33.1 Å². The summed E-state index contributed by atoms with van der Waals surface area (Å²) in [6.07, 6.45) is 4.78. The molecule has 3 aromatic heterocycles. The van der Waals surface area contributed by atoms with Crippen molar-refractivity contribution in [2.75, 3.05) is 0 Å². The summed E-state index contributed by atoms with van der Waals surface area (Å²) >= 11 is 0. The van der Waals surface area contributed by atoms with Gasteiger partial charge < -0.3 is 4.42 Å². The summed E-state index contributed by atoms with van der Waals surface area (Å²) in [5, 5.41) is 2.28. The minimum atomic E-state index is -0.619. The average Bonchev–Trinajstić information content (AvgIpc) is 3.77. The third-order valence-corrected chi connectivity index (χ3v) is 13.1. The van der Waals surface area contributed by atoms with Crippen LogP contribution in [0, 0.1) is 26.2 Å². The van der Waals surface area contributed by atoms with Gasteiger partial charge in [-0.3, -0.25) is 0 Å². The molecule has 5 aromatic carbocycles. The molecule has 3 heteroatoms. The Kier molecular flexibility index (Phi) is 6.76. The van der Waals surface area contributed by atoms with Crippen molar-refractivity contribution in [1.29, 1.82) is 0 Å². The normalized spacial score (nSPS) is 15.9. The molecule has 1 atom stereocenters. The Labute approximate surface area is 318 Å². The van der Waals surface area contributed by atoms with E-state index in [1.165, 1.54) is 67.0 Å². The number of hydrogen-bond acceptors (Lipinski definition) is 1. The number of hydrogen-bond donors (Lipinski definition) is 0. The molecule has 3 nitrogen and oxygen atoms in total. The molecule has 0 aliphatic carbocycles. The number of fused-ring (bicyclic) bond motifs is 14. The molecule has 0 N–H and O–H groups in total. The Balaban J connectivity index is 1.30. The van der Waals surface area contributed by atoms with Crippen molar-refractivity contribution in [2.24, 2.45) is 5.41 Å². The first-order valence-corrected chi connectivity index (χ1v) is 19.3. The van der Waals surface area contributed by atoms with Crippen LogP contribution in [-0.4, -0.2) is 0 Å². The number of aromatic nitrogens is 2. The van der Waals surface area contributed by atoms with E-state index < -0.39 is 5.66 Å². The van der Waals surface area contributed by atoms with Gasteiger partial charge in [0.25, 0.3) is 0 Å². The molecule has 0 fully saturated rings. The molecule has 54 heavy (non-hydrogen) atoms. The fourth-order valence-electron chi connectivity index (χ4n) is 9.34. The highest BCUT2D eigenvalue weighted by Gasteiger charge is 2.67. The number of aryl methyl sites for hydroxylation is 3. The van der Waals surface area contributed by atoms with Gasteiger partial charge in [0.1, 0.15) is 27.9 Å². The summed E-state index contributed by atoms with van der Waals surface area (Å²) in [6.45, 7) is 18.6. The zero-order valence-electron chi connectivity index (χ0n) is 32.5. The molecule has 0 saturated carbocycles. The van der Waals surface area contributed by atoms with Crippen molar-refractivity contribution < 1.29 is 13.6 Å². The van der Waals surface area contributed by atoms with Crippen LogP contribution < -0.4 is 9.13 Å². The first-order chi connectivity index (χ1) is 25.9. The molecule has 5 heterocycles. The summed E-state index contributed by atoms with van der Waals surface area (Å²) in [5.74, 6) is 0. The molecule has 8 aromatic rings. The zero-order chi connectivity index (χ0) is 37.3. The van der Waals surface area contributed by atoms with Crippen LogP contribution in [0.25, 0.3) is 66.7 Å². The van der Waals surface area contributed by atoms with Gasteiger partial charge in [-0.1, -0.05) is 119 Å². The third kappa shape index (κ3) is 4.30. The Morgan fingerprint density at radius 2 is 1.20 bits per heavy atom. The first kappa shape index (κ1) is 32.8. The molecule has 1 spiro atoms. The molecule has 0 bridgehead atoms. The van der Waals surface area contributed by atoms with Crippen LogP contribution in [0.1, 0.15) is 68.0 Å². The maximum absolute atomic E-state index is 7.28. The van der Waals surface area contributed by atoms with Crippen molar-refractivity contribution in [3.63, 3.8) is 0 Å². The topological polar surface area (TPSA) is 20.9 Å². The summed E-state index contributed by atoms with van der Waals surface area (Å²) in [7, 11) is 0. The number of furan rings is 1. The van der Waals surface area contributed by atoms with Crippen LogP contribution in [0.4, 0.5) is 0 Å². The van der Waals surface area contributed by atoms with Crippen LogP contribution in [0.2, 0.25) is 0 Å². The second-order valence-electron chi connectivity index (χ2n) is 17.3. The van der Waals surface area contributed by atoms with Crippen LogP contribution in [0.3, 0.4) is 0 Å². The van der Waals surface area contributed by atoms with Gasteiger partial charge in [0.2, 0.25) is 11.4 Å². The van der Waals surface area contributed by atoms with Gasteiger partial charge in [0.05, 0.1) is 5.56 Å². The molecule has 2 aliphatic rings. The van der Waals surface area contributed by atoms with Gasteiger partial charge in [-0.25, -0.2) is 0 Å². The van der Waals surface area contributed by atoms with Gasteiger partial charge in [0.15, 0.2) is 12.4 Å². The average molecular weight is 703 g/mol. The molecular formula is C51H46N2O+2. The van der Waals surface area contributed by atoms with Crippen LogP contribution in [0.15, 0.2) is 138 Å². The van der Waals surface area contributed by atoms with Gasteiger partial charge in [-0.2, -0.15) is 0 Å². The fourth-order valence-corrected chi connectivity index (χ4v) is 9.34. The summed E-state index contributed by atoms with van der Waals surface area (Å²) in [4.78, 5) is 0. The second kappa shape index (κ2) is 11.1. The predicted octanol–water partition coefficient (Wildman–Crippen LogP) is 12.0. The molecule has 2 aliphatic heterocycles. The summed E-state index contributed by atoms with van der Waals surface area (Å²) in [6, 6.07) is 44.8. The van der Waals surface area contributed by atoms with E-state index in [9.17, 15) is 0 Å². The van der Waals surface area contributed by atoms with Gasteiger partial charge in [-0.05, 0) is 84.2 Å². The lowest BCUT2D eigenvalue weighted by atomic mass is 9.64. The minimum absolute atomic E-state index is 0.0433. The molecule has 10 rings (SSSR count). The van der Waals surface area contributed by atoms with Gasteiger partial charge in [0, 0.05) is 39.6 Å². The van der Waals surface area contributed by atoms with Crippen LogP contribution in [-0.2, 0) is 11.1 Å². The summed E-state index contributed by atoms with van der Waals surface area (Å²) < 4.78 is 12.4. The quantitative estimate of drug-likeness (QED) is 0.168. The van der Waals surface area contributed by atoms with E-state index >= 15 is 0 Å². The van der Waals surface area contributed by atoms with Crippen LogP contribution >= 0.6 is 0 Å². The molecular weight excluding hydrogens is 657 g/mol. The predicted molar refractivity (Wildman–Crippen MR) is 221 cm³/mol. The Bertz CT molecular complexity index is 2800. The highest BCUT2D eigenvalue weighted by atomic mass is 16.3. The highest BCUT2D eigenvalue weighted by Crippen LogP contribution is 2.53. The van der Waals surface area contributed by atoms with Gasteiger partial charge >= 0.3 is 5.66 Å². The minimum Gasteiger partial charge on any atom is -0.454 e. The lowest BCUT2D eigenvalue weighted by Gasteiger charge is -2.40. The second-order valence-corrected chi connectivity index (χ2v) is 17.3.